The summed E-state index contributed by atoms with van der Waals surface area (Å²) in [6.07, 6.45) is 2.61. The van der Waals surface area contributed by atoms with Crippen molar-refractivity contribution in [3.8, 4) is 0 Å². The molecule has 0 saturated carbocycles. The summed E-state index contributed by atoms with van der Waals surface area (Å²) >= 11 is 5.97. The van der Waals surface area contributed by atoms with Crippen LogP contribution in [0.3, 0.4) is 0 Å². The number of rotatable bonds is 3. The van der Waals surface area contributed by atoms with E-state index in [1.54, 1.807) is 12.3 Å². The number of fused-ring (bicyclic) bond motifs is 1. The molecule has 1 aromatic carbocycles. The number of aromatic nitrogens is 1. The highest BCUT2D eigenvalue weighted by Crippen LogP contribution is 2.28. The summed E-state index contributed by atoms with van der Waals surface area (Å²) < 4.78 is 15.4. The van der Waals surface area contributed by atoms with Crippen LogP contribution in [0.25, 0.3) is 10.9 Å². The zero-order chi connectivity index (χ0) is 10.8. The molecule has 0 bridgehead atoms. The van der Waals surface area contributed by atoms with E-state index in [0.29, 0.717) is 17.0 Å². The van der Waals surface area contributed by atoms with Crippen LogP contribution in [0.5, 0.6) is 0 Å². The highest BCUT2D eigenvalue weighted by Gasteiger charge is 2.10. The lowest BCUT2D eigenvalue weighted by atomic mass is 10.2. The van der Waals surface area contributed by atoms with Crippen LogP contribution < -0.4 is 5.73 Å². The number of aryl methyl sites for hydroxylation is 1. The molecule has 0 aliphatic heterocycles. The summed E-state index contributed by atoms with van der Waals surface area (Å²) in [7, 11) is 0. The number of halogens is 2. The van der Waals surface area contributed by atoms with Crippen LogP contribution in [-0.4, -0.2) is 11.1 Å². The summed E-state index contributed by atoms with van der Waals surface area (Å²) in [5.74, 6) is -0.274. The first kappa shape index (κ1) is 10.5. The lowest BCUT2D eigenvalue weighted by molar-refractivity contribution is 0.638. The minimum Gasteiger partial charge on any atom is -0.346 e. The third kappa shape index (κ3) is 1.85. The van der Waals surface area contributed by atoms with Crippen molar-refractivity contribution >= 4 is 22.5 Å². The Balaban J connectivity index is 2.53. The fraction of sp³-hybridized carbons (Fsp3) is 0.273. The van der Waals surface area contributed by atoms with Crippen LogP contribution in [0, 0.1) is 5.82 Å². The standard InChI is InChI=1S/C11H12ClFN2/c12-8-7-15(6-2-5-14)10-4-1-3-9(13)11(8)10/h1,3-4,7H,2,5-6,14H2. The monoisotopic (exact) mass is 226 g/mol. The fourth-order valence-corrected chi connectivity index (χ4v) is 2.01. The van der Waals surface area contributed by atoms with Gasteiger partial charge in [-0.15, -0.1) is 0 Å². The molecule has 0 amide bonds. The molecule has 0 aliphatic carbocycles. The fourth-order valence-electron chi connectivity index (χ4n) is 1.71. The molecule has 0 fully saturated rings. The van der Waals surface area contributed by atoms with Crippen molar-refractivity contribution in [3.63, 3.8) is 0 Å². The van der Waals surface area contributed by atoms with Crippen LogP contribution in [0.4, 0.5) is 4.39 Å². The van der Waals surface area contributed by atoms with Gasteiger partial charge in [0.05, 0.1) is 15.9 Å². The number of hydrogen-bond donors (Lipinski definition) is 1. The van der Waals surface area contributed by atoms with E-state index in [9.17, 15) is 4.39 Å². The maximum Gasteiger partial charge on any atom is 0.134 e. The van der Waals surface area contributed by atoms with E-state index in [0.717, 1.165) is 18.5 Å². The van der Waals surface area contributed by atoms with E-state index >= 15 is 0 Å². The van der Waals surface area contributed by atoms with E-state index in [1.807, 2.05) is 10.6 Å². The first-order chi connectivity index (χ1) is 7.24. The first-order valence-electron chi connectivity index (χ1n) is 4.87. The van der Waals surface area contributed by atoms with E-state index in [1.165, 1.54) is 6.07 Å². The lowest BCUT2D eigenvalue weighted by Gasteiger charge is -2.03. The van der Waals surface area contributed by atoms with Gasteiger partial charge in [0.2, 0.25) is 0 Å². The molecule has 1 aromatic heterocycles. The van der Waals surface area contributed by atoms with Gasteiger partial charge in [-0.25, -0.2) is 4.39 Å². The quantitative estimate of drug-likeness (QED) is 0.857. The predicted octanol–water partition coefficient (Wildman–Crippen LogP) is 2.78. The predicted molar refractivity (Wildman–Crippen MR) is 60.6 cm³/mol. The zero-order valence-electron chi connectivity index (χ0n) is 8.21. The van der Waals surface area contributed by atoms with Crippen molar-refractivity contribution in [3.05, 3.63) is 35.2 Å². The maximum atomic E-state index is 13.5. The average molecular weight is 227 g/mol. The molecular formula is C11H12ClFN2. The number of hydrogen-bond acceptors (Lipinski definition) is 1. The minimum atomic E-state index is -0.274. The Morgan fingerprint density at radius 1 is 1.40 bits per heavy atom. The Labute approximate surface area is 92.4 Å². The van der Waals surface area contributed by atoms with Crippen molar-refractivity contribution < 1.29 is 4.39 Å². The third-order valence-corrected chi connectivity index (χ3v) is 2.70. The molecule has 2 rings (SSSR count). The molecule has 0 saturated heterocycles. The molecule has 0 atom stereocenters. The number of benzene rings is 1. The van der Waals surface area contributed by atoms with Crippen LogP contribution in [0.1, 0.15) is 6.42 Å². The van der Waals surface area contributed by atoms with Gasteiger partial charge < -0.3 is 10.3 Å². The van der Waals surface area contributed by atoms with Crippen LogP contribution in [0.15, 0.2) is 24.4 Å². The summed E-state index contributed by atoms with van der Waals surface area (Å²) in [6.45, 7) is 1.38. The van der Waals surface area contributed by atoms with E-state index in [-0.39, 0.29) is 5.82 Å². The number of nitrogens with zero attached hydrogens (tertiary/aromatic N) is 1. The Bertz CT molecular complexity index is 479. The third-order valence-electron chi connectivity index (χ3n) is 2.41. The normalized spacial score (nSPS) is 11.1. The van der Waals surface area contributed by atoms with Gasteiger partial charge in [-0.2, -0.15) is 0 Å². The Morgan fingerprint density at radius 3 is 2.93 bits per heavy atom. The summed E-state index contributed by atoms with van der Waals surface area (Å²) in [4.78, 5) is 0. The topological polar surface area (TPSA) is 30.9 Å². The largest absolute Gasteiger partial charge is 0.346 e. The Hall–Kier alpha value is -1.06. The highest BCUT2D eigenvalue weighted by molar-refractivity contribution is 6.35. The molecule has 2 N–H and O–H groups in total. The van der Waals surface area contributed by atoms with Gasteiger partial charge in [0, 0.05) is 12.7 Å². The van der Waals surface area contributed by atoms with Gasteiger partial charge >= 0.3 is 0 Å². The van der Waals surface area contributed by atoms with Crippen LogP contribution >= 0.6 is 11.6 Å². The van der Waals surface area contributed by atoms with E-state index in [4.69, 9.17) is 17.3 Å². The van der Waals surface area contributed by atoms with Crippen molar-refractivity contribution in [2.75, 3.05) is 6.54 Å². The van der Waals surface area contributed by atoms with Gasteiger partial charge in [-0.3, -0.25) is 0 Å². The second kappa shape index (κ2) is 4.21. The highest BCUT2D eigenvalue weighted by atomic mass is 35.5. The first-order valence-corrected chi connectivity index (χ1v) is 5.24. The van der Waals surface area contributed by atoms with Crippen molar-refractivity contribution in [2.45, 2.75) is 13.0 Å². The maximum absolute atomic E-state index is 13.5. The SMILES string of the molecule is NCCCn1cc(Cl)c2c(F)cccc21. The molecule has 0 spiro atoms. The molecule has 15 heavy (non-hydrogen) atoms. The summed E-state index contributed by atoms with van der Waals surface area (Å²) in [5.41, 5.74) is 6.26. The summed E-state index contributed by atoms with van der Waals surface area (Å²) in [5, 5.41) is 0.955. The molecule has 4 heteroatoms. The van der Waals surface area contributed by atoms with Gasteiger partial charge in [0.15, 0.2) is 0 Å². The van der Waals surface area contributed by atoms with Gasteiger partial charge in [0.25, 0.3) is 0 Å². The average Bonchev–Trinajstić information content (AvgIpc) is 2.54. The molecule has 0 aliphatic rings. The Morgan fingerprint density at radius 2 is 2.20 bits per heavy atom. The summed E-state index contributed by atoms with van der Waals surface area (Å²) in [6, 6.07) is 4.97. The number of nitrogens with two attached hydrogens (primary N) is 1. The second-order valence-electron chi connectivity index (χ2n) is 3.45. The van der Waals surface area contributed by atoms with Gasteiger partial charge in [0.1, 0.15) is 5.82 Å². The van der Waals surface area contributed by atoms with Crippen molar-refractivity contribution in [2.24, 2.45) is 5.73 Å². The molecule has 2 nitrogen and oxygen atoms in total. The smallest absolute Gasteiger partial charge is 0.134 e. The lowest BCUT2D eigenvalue weighted by Crippen LogP contribution is -2.04. The van der Waals surface area contributed by atoms with Crippen molar-refractivity contribution in [1.82, 2.24) is 4.57 Å². The molecular weight excluding hydrogens is 215 g/mol. The zero-order valence-corrected chi connectivity index (χ0v) is 8.97. The minimum absolute atomic E-state index is 0.274. The van der Waals surface area contributed by atoms with Crippen LogP contribution in [0.2, 0.25) is 5.02 Å². The van der Waals surface area contributed by atoms with Crippen molar-refractivity contribution in [1.29, 1.82) is 0 Å². The van der Waals surface area contributed by atoms with E-state index in [2.05, 4.69) is 0 Å². The molecule has 80 valence electrons. The Kier molecular flexibility index (Phi) is 2.93. The molecule has 2 aromatic rings. The van der Waals surface area contributed by atoms with Crippen LogP contribution in [-0.2, 0) is 6.54 Å². The van der Waals surface area contributed by atoms with Gasteiger partial charge in [-0.05, 0) is 25.1 Å². The van der Waals surface area contributed by atoms with E-state index < -0.39 is 0 Å². The van der Waals surface area contributed by atoms with Gasteiger partial charge in [-0.1, -0.05) is 17.7 Å². The molecule has 0 unspecified atom stereocenters. The molecule has 1 heterocycles. The second-order valence-corrected chi connectivity index (χ2v) is 3.85. The molecule has 0 radical (unpaired) electrons.